The molecule has 5 heteroatoms. The van der Waals surface area contributed by atoms with Crippen LogP contribution in [0.1, 0.15) is 29.5 Å². The molecule has 2 aromatic carbocycles. The van der Waals surface area contributed by atoms with Crippen LogP contribution in [0, 0.1) is 12.3 Å². The van der Waals surface area contributed by atoms with Gasteiger partial charge in [-0.3, -0.25) is 9.59 Å². The second-order valence-electron chi connectivity index (χ2n) is 6.82. The lowest BCUT2D eigenvalue weighted by Crippen LogP contribution is -2.43. The average molecular weight is 371 g/mol. The molecule has 4 nitrogen and oxygen atoms in total. The van der Waals surface area contributed by atoms with Crippen LogP contribution in [0.15, 0.2) is 48.5 Å². The number of amides is 2. The number of hydrogen-bond acceptors (Lipinski definition) is 2. The summed E-state index contributed by atoms with van der Waals surface area (Å²) in [4.78, 5) is 25.0. The van der Waals surface area contributed by atoms with E-state index in [1.54, 1.807) is 0 Å². The highest BCUT2D eigenvalue weighted by Crippen LogP contribution is 2.46. The summed E-state index contributed by atoms with van der Waals surface area (Å²) in [6.07, 6.45) is 1.93. The Morgan fingerprint density at radius 1 is 1.00 bits per heavy atom. The highest BCUT2D eigenvalue weighted by molar-refractivity contribution is 6.30. The Kier molecular flexibility index (Phi) is 5.62. The second kappa shape index (κ2) is 7.92. The van der Waals surface area contributed by atoms with Crippen molar-refractivity contribution in [2.75, 3.05) is 6.54 Å². The molecule has 136 valence electrons. The topological polar surface area (TPSA) is 58.2 Å². The predicted octanol–water partition coefficient (Wildman–Crippen LogP) is 3.40. The summed E-state index contributed by atoms with van der Waals surface area (Å²) in [5.74, 6) is -0.349. The van der Waals surface area contributed by atoms with E-state index in [-0.39, 0.29) is 11.8 Å². The molecule has 0 heterocycles. The van der Waals surface area contributed by atoms with E-state index >= 15 is 0 Å². The molecule has 1 saturated carbocycles. The maximum atomic E-state index is 12.5. The first kappa shape index (κ1) is 18.5. The zero-order valence-corrected chi connectivity index (χ0v) is 15.6. The quantitative estimate of drug-likeness (QED) is 0.734. The lowest BCUT2D eigenvalue weighted by molar-refractivity contribution is -0.137. The van der Waals surface area contributed by atoms with E-state index in [9.17, 15) is 9.59 Å². The van der Waals surface area contributed by atoms with Crippen LogP contribution in [0.4, 0.5) is 0 Å². The third kappa shape index (κ3) is 4.25. The normalized spacial score (nSPS) is 14.5. The molecule has 1 fully saturated rings. The fourth-order valence-corrected chi connectivity index (χ4v) is 3.10. The lowest BCUT2D eigenvalue weighted by atomic mass is 10.0. The van der Waals surface area contributed by atoms with Gasteiger partial charge in [0.1, 0.15) is 5.41 Å². The molecule has 0 atom stereocenters. The monoisotopic (exact) mass is 370 g/mol. The molecule has 0 saturated heterocycles. The minimum atomic E-state index is -0.886. The van der Waals surface area contributed by atoms with Crippen LogP contribution < -0.4 is 10.6 Å². The van der Waals surface area contributed by atoms with E-state index in [1.807, 2.05) is 55.5 Å². The fourth-order valence-electron chi connectivity index (χ4n) is 2.98. The van der Waals surface area contributed by atoms with Gasteiger partial charge >= 0.3 is 0 Å². The molecular weight excluding hydrogens is 348 g/mol. The van der Waals surface area contributed by atoms with Crippen LogP contribution in [0.2, 0.25) is 5.02 Å². The van der Waals surface area contributed by atoms with Gasteiger partial charge in [-0.25, -0.2) is 0 Å². The Labute approximate surface area is 158 Å². The number of halogens is 1. The van der Waals surface area contributed by atoms with Crippen molar-refractivity contribution >= 4 is 23.4 Å². The largest absolute Gasteiger partial charge is 0.355 e. The zero-order valence-electron chi connectivity index (χ0n) is 14.8. The summed E-state index contributed by atoms with van der Waals surface area (Å²) in [6, 6.07) is 15.5. The first-order valence-electron chi connectivity index (χ1n) is 8.87. The molecule has 0 aromatic heterocycles. The number of rotatable bonds is 7. The Hall–Kier alpha value is -2.33. The Bertz CT molecular complexity index is 798. The molecule has 1 aliphatic carbocycles. The first-order chi connectivity index (χ1) is 12.5. The summed E-state index contributed by atoms with van der Waals surface area (Å²) >= 11 is 5.87. The third-order valence-electron chi connectivity index (χ3n) is 4.93. The van der Waals surface area contributed by atoms with E-state index < -0.39 is 5.41 Å². The summed E-state index contributed by atoms with van der Waals surface area (Å²) in [6.45, 7) is 2.97. The fraction of sp³-hybridized carbons (Fsp3) is 0.333. The summed E-state index contributed by atoms with van der Waals surface area (Å²) in [5, 5.41) is 6.52. The van der Waals surface area contributed by atoms with Crippen molar-refractivity contribution in [1.82, 2.24) is 10.6 Å². The minimum absolute atomic E-state index is 0.172. The lowest BCUT2D eigenvalue weighted by Gasteiger charge is -2.16. The van der Waals surface area contributed by atoms with Gasteiger partial charge < -0.3 is 10.6 Å². The number of nitrogens with one attached hydrogen (secondary N) is 2. The third-order valence-corrected chi connectivity index (χ3v) is 5.18. The van der Waals surface area contributed by atoms with Gasteiger partial charge in [0, 0.05) is 18.1 Å². The number of carbonyl (C=O) groups is 2. The van der Waals surface area contributed by atoms with Gasteiger partial charge in [-0.2, -0.15) is 0 Å². The van der Waals surface area contributed by atoms with E-state index in [4.69, 9.17) is 11.6 Å². The van der Waals surface area contributed by atoms with Crippen LogP contribution >= 0.6 is 11.6 Å². The van der Waals surface area contributed by atoms with Crippen LogP contribution in [0.3, 0.4) is 0 Å². The van der Waals surface area contributed by atoms with E-state index in [0.29, 0.717) is 37.4 Å². The maximum Gasteiger partial charge on any atom is 0.235 e. The first-order valence-corrected chi connectivity index (χ1v) is 9.25. The molecule has 26 heavy (non-hydrogen) atoms. The molecule has 1 aliphatic rings. The van der Waals surface area contributed by atoms with Crippen LogP contribution in [-0.2, 0) is 22.6 Å². The summed E-state index contributed by atoms with van der Waals surface area (Å²) in [7, 11) is 0. The van der Waals surface area contributed by atoms with E-state index in [0.717, 1.165) is 16.7 Å². The van der Waals surface area contributed by atoms with Gasteiger partial charge in [-0.15, -0.1) is 0 Å². The van der Waals surface area contributed by atoms with Crippen molar-refractivity contribution in [2.45, 2.75) is 32.7 Å². The number of carbonyl (C=O) groups excluding carboxylic acids is 2. The molecule has 0 radical (unpaired) electrons. The predicted molar refractivity (Wildman–Crippen MR) is 103 cm³/mol. The van der Waals surface area contributed by atoms with Crippen LogP contribution in [-0.4, -0.2) is 18.4 Å². The standard InChI is InChI=1S/C21H23ClN2O2/c1-15-4-2-3-5-17(15)14-24-20(26)21(11-12-21)19(25)23-13-10-16-6-8-18(22)9-7-16/h2-9H,10-14H2,1H3,(H,23,25)(H,24,26). The van der Waals surface area contributed by atoms with Gasteiger partial charge in [-0.1, -0.05) is 48.0 Å². The van der Waals surface area contributed by atoms with Gasteiger partial charge in [0.25, 0.3) is 0 Å². The van der Waals surface area contributed by atoms with Crippen molar-refractivity contribution in [3.63, 3.8) is 0 Å². The van der Waals surface area contributed by atoms with Crippen molar-refractivity contribution < 1.29 is 9.59 Å². The van der Waals surface area contributed by atoms with Crippen molar-refractivity contribution in [3.05, 3.63) is 70.2 Å². The Morgan fingerprint density at radius 3 is 2.31 bits per heavy atom. The highest BCUT2D eigenvalue weighted by atomic mass is 35.5. The molecule has 2 N–H and O–H groups in total. The SMILES string of the molecule is Cc1ccccc1CNC(=O)C1(C(=O)NCCc2ccc(Cl)cc2)CC1. The Balaban J connectivity index is 1.49. The summed E-state index contributed by atoms with van der Waals surface area (Å²) in [5.41, 5.74) is 2.41. The van der Waals surface area contributed by atoms with Gasteiger partial charge in [0.05, 0.1) is 0 Å². The number of benzene rings is 2. The van der Waals surface area contributed by atoms with Gasteiger partial charge in [-0.05, 0) is 55.0 Å². The second-order valence-corrected chi connectivity index (χ2v) is 7.26. The number of aryl methyl sites for hydroxylation is 1. The molecule has 2 amide bonds. The molecule has 2 aromatic rings. The molecule has 0 spiro atoms. The zero-order chi connectivity index (χ0) is 18.6. The number of hydrogen-bond donors (Lipinski definition) is 2. The molecule has 0 aliphatic heterocycles. The highest BCUT2D eigenvalue weighted by Gasteiger charge is 2.56. The van der Waals surface area contributed by atoms with Gasteiger partial charge in [0.15, 0.2) is 0 Å². The Morgan fingerprint density at radius 2 is 1.65 bits per heavy atom. The average Bonchev–Trinajstić information content (AvgIpc) is 3.44. The summed E-state index contributed by atoms with van der Waals surface area (Å²) < 4.78 is 0. The molecule has 0 unspecified atom stereocenters. The minimum Gasteiger partial charge on any atom is -0.355 e. The molecular formula is C21H23ClN2O2. The maximum absolute atomic E-state index is 12.5. The van der Waals surface area contributed by atoms with E-state index in [1.165, 1.54) is 0 Å². The van der Waals surface area contributed by atoms with Crippen molar-refractivity contribution in [3.8, 4) is 0 Å². The van der Waals surface area contributed by atoms with Crippen LogP contribution in [0.5, 0.6) is 0 Å². The van der Waals surface area contributed by atoms with Crippen molar-refractivity contribution in [2.24, 2.45) is 5.41 Å². The molecule has 3 rings (SSSR count). The molecule has 0 bridgehead atoms. The van der Waals surface area contributed by atoms with Crippen molar-refractivity contribution in [1.29, 1.82) is 0 Å². The van der Waals surface area contributed by atoms with Gasteiger partial charge in [0.2, 0.25) is 11.8 Å². The van der Waals surface area contributed by atoms with E-state index in [2.05, 4.69) is 10.6 Å². The van der Waals surface area contributed by atoms with Crippen LogP contribution in [0.25, 0.3) is 0 Å². The smallest absolute Gasteiger partial charge is 0.235 e.